The molecule has 0 heterocycles. The number of hydrogen-bond donors (Lipinski definition) is 0. The number of esters is 2. The molecule has 0 aromatic rings. The fourth-order valence-corrected chi connectivity index (χ4v) is 6.95. The molecule has 5 nitrogen and oxygen atoms in total. The molecular formula is C30H48O5. The molecule has 0 saturated heterocycles. The van der Waals surface area contributed by atoms with Crippen LogP contribution in [0.25, 0.3) is 0 Å². The minimum atomic E-state index is -0.951. The fourth-order valence-electron chi connectivity index (χ4n) is 6.95. The highest BCUT2D eigenvalue weighted by Gasteiger charge is 2.47. The molecule has 0 unspecified atom stereocenters. The van der Waals surface area contributed by atoms with Crippen molar-refractivity contribution < 1.29 is 23.9 Å². The number of carbonyl (C=O) groups excluding carboxylic acids is 3. The molecule has 198 valence electrons. The zero-order valence-electron chi connectivity index (χ0n) is 23.2. The summed E-state index contributed by atoms with van der Waals surface area (Å²) in [7, 11) is 0. The maximum absolute atomic E-state index is 13.5. The molecule has 0 bridgehead atoms. The first-order valence-corrected chi connectivity index (χ1v) is 14.0. The van der Waals surface area contributed by atoms with Gasteiger partial charge in [-0.05, 0) is 80.1 Å². The highest BCUT2D eigenvalue weighted by Crippen LogP contribution is 2.40. The van der Waals surface area contributed by atoms with Gasteiger partial charge in [0, 0.05) is 0 Å². The second kappa shape index (κ2) is 11.6. The molecule has 0 N–H and O–H groups in total. The summed E-state index contributed by atoms with van der Waals surface area (Å²) in [6, 6.07) is 0. The van der Waals surface area contributed by atoms with Gasteiger partial charge in [0.05, 0.1) is 5.92 Å². The van der Waals surface area contributed by atoms with Gasteiger partial charge in [0.1, 0.15) is 18.1 Å². The van der Waals surface area contributed by atoms with Crippen LogP contribution in [-0.2, 0) is 23.9 Å². The Balaban J connectivity index is 1.75. The smallest absolute Gasteiger partial charge is 0.317 e. The maximum atomic E-state index is 13.5. The molecule has 0 spiro atoms. The van der Waals surface area contributed by atoms with E-state index in [0.29, 0.717) is 41.1 Å². The first-order valence-electron chi connectivity index (χ1n) is 14.0. The van der Waals surface area contributed by atoms with E-state index in [0.717, 1.165) is 38.5 Å². The van der Waals surface area contributed by atoms with Crippen molar-refractivity contribution in [2.24, 2.45) is 53.3 Å². The Labute approximate surface area is 212 Å². The Morgan fingerprint density at radius 1 is 0.771 bits per heavy atom. The lowest BCUT2D eigenvalue weighted by Gasteiger charge is -2.40. The standard InChI is InChI=1S/C30H48O5/c1-16(2)22-11-9-18(5)13-25(22)34-29(32)27-20(7)15-24(31)28(21(27)8)30(33)35-26-14-19(6)10-12-23(26)17(3)4/h15-19,21-23,25-28H,9-14H2,1-8H3/t18-,19-,21-,22-,23-,25-,26-,27-,28-/m1/s1. The Bertz CT molecular complexity index is 812. The third-order valence-electron chi connectivity index (χ3n) is 9.18. The molecule has 5 heteroatoms. The summed E-state index contributed by atoms with van der Waals surface area (Å²) in [6.45, 7) is 16.8. The molecule has 0 amide bonds. The molecule has 3 rings (SSSR count). The lowest BCUT2D eigenvalue weighted by Crippen LogP contribution is -2.46. The van der Waals surface area contributed by atoms with Crippen molar-refractivity contribution in [1.82, 2.24) is 0 Å². The Morgan fingerprint density at radius 2 is 1.20 bits per heavy atom. The topological polar surface area (TPSA) is 69.7 Å². The van der Waals surface area contributed by atoms with Crippen LogP contribution in [0.15, 0.2) is 11.6 Å². The highest BCUT2D eigenvalue weighted by molar-refractivity contribution is 6.07. The third-order valence-corrected chi connectivity index (χ3v) is 9.18. The minimum absolute atomic E-state index is 0.107. The van der Waals surface area contributed by atoms with E-state index in [9.17, 15) is 14.4 Å². The highest BCUT2D eigenvalue weighted by atomic mass is 16.5. The number of rotatable bonds is 6. The van der Waals surface area contributed by atoms with Crippen LogP contribution in [0.1, 0.15) is 93.9 Å². The SMILES string of the molecule is CC1=CC(=O)[C@H](C(=O)O[C@@H]2C[C@H](C)CC[C@@H]2C(C)C)[C@H](C)[C@@H]1C(=O)O[C@@H]1C[C@H](C)CC[C@@H]1C(C)C. The zero-order chi connectivity index (χ0) is 26.0. The Morgan fingerprint density at radius 3 is 1.63 bits per heavy atom. The van der Waals surface area contributed by atoms with Crippen molar-refractivity contribution in [3.8, 4) is 0 Å². The molecule has 0 aromatic heterocycles. The predicted molar refractivity (Wildman–Crippen MR) is 137 cm³/mol. The van der Waals surface area contributed by atoms with Crippen LogP contribution in [0.4, 0.5) is 0 Å². The van der Waals surface area contributed by atoms with Gasteiger partial charge in [0.2, 0.25) is 0 Å². The van der Waals surface area contributed by atoms with E-state index in [4.69, 9.17) is 9.47 Å². The molecule has 0 aromatic carbocycles. The van der Waals surface area contributed by atoms with E-state index >= 15 is 0 Å². The predicted octanol–water partition coefficient (Wildman–Crippen LogP) is 6.39. The van der Waals surface area contributed by atoms with Gasteiger partial charge in [-0.25, -0.2) is 0 Å². The van der Waals surface area contributed by atoms with Crippen LogP contribution in [-0.4, -0.2) is 29.9 Å². The second-order valence-corrected chi connectivity index (χ2v) is 12.7. The normalized spacial score (nSPS) is 38.3. The van der Waals surface area contributed by atoms with E-state index in [1.54, 1.807) is 0 Å². The molecular weight excluding hydrogens is 440 g/mol. The van der Waals surface area contributed by atoms with Crippen LogP contribution in [0.3, 0.4) is 0 Å². The van der Waals surface area contributed by atoms with Crippen LogP contribution in [0, 0.1) is 53.3 Å². The maximum Gasteiger partial charge on any atom is 0.317 e. The third kappa shape index (κ3) is 6.38. The number of ketones is 1. The van der Waals surface area contributed by atoms with Crippen LogP contribution >= 0.6 is 0 Å². The van der Waals surface area contributed by atoms with Crippen molar-refractivity contribution in [3.05, 3.63) is 11.6 Å². The van der Waals surface area contributed by atoms with Crippen LogP contribution in [0.2, 0.25) is 0 Å². The first kappa shape index (κ1) is 27.9. The van der Waals surface area contributed by atoms with Gasteiger partial charge in [0.25, 0.3) is 0 Å². The summed E-state index contributed by atoms with van der Waals surface area (Å²) >= 11 is 0. The Hall–Kier alpha value is -1.65. The van der Waals surface area contributed by atoms with Crippen molar-refractivity contribution in [2.45, 2.75) is 106 Å². The lowest BCUT2D eigenvalue weighted by molar-refractivity contribution is -0.169. The summed E-state index contributed by atoms with van der Waals surface area (Å²) < 4.78 is 12.2. The number of hydrogen-bond acceptors (Lipinski definition) is 5. The molecule has 2 fully saturated rings. The number of ether oxygens (including phenoxy) is 2. The van der Waals surface area contributed by atoms with Crippen molar-refractivity contribution >= 4 is 17.7 Å². The molecule has 9 atom stereocenters. The second-order valence-electron chi connectivity index (χ2n) is 12.7. The molecule has 0 radical (unpaired) electrons. The number of carbonyl (C=O) groups is 3. The first-order chi connectivity index (χ1) is 16.4. The molecule has 3 aliphatic rings. The van der Waals surface area contributed by atoms with Crippen LogP contribution < -0.4 is 0 Å². The van der Waals surface area contributed by atoms with E-state index in [1.807, 2.05) is 13.8 Å². The molecule has 35 heavy (non-hydrogen) atoms. The number of allylic oxidation sites excluding steroid dienone is 1. The summed E-state index contributed by atoms with van der Waals surface area (Å²) in [4.78, 5) is 39.9. The van der Waals surface area contributed by atoms with Gasteiger partial charge in [-0.15, -0.1) is 0 Å². The van der Waals surface area contributed by atoms with Crippen molar-refractivity contribution in [3.63, 3.8) is 0 Å². The van der Waals surface area contributed by atoms with E-state index < -0.39 is 23.7 Å². The quantitative estimate of drug-likeness (QED) is 0.320. The largest absolute Gasteiger partial charge is 0.462 e. The van der Waals surface area contributed by atoms with E-state index in [-0.39, 0.29) is 24.0 Å². The monoisotopic (exact) mass is 488 g/mol. The Kier molecular flexibility index (Phi) is 9.26. The summed E-state index contributed by atoms with van der Waals surface area (Å²) in [6.07, 6.45) is 7.32. The minimum Gasteiger partial charge on any atom is -0.462 e. The summed E-state index contributed by atoms with van der Waals surface area (Å²) in [5, 5.41) is 0. The zero-order valence-corrected chi connectivity index (χ0v) is 23.2. The molecule has 3 aliphatic carbocycles. The lowest BCUT2D eigenvalue weighted by atomic mass is 9.71. The van der Waals surface area contributed by atoms with Gasteiger partial charge < -0.3 is 9.47 Å². The van der Waals surface area contributed by atoms with Gasteiger partial charge in [-0.2, -0.15) is 0 Å². The molecule has 0 aliphatic heterocycles. The summed E-state index contributed by atoms with van der Waals surface area (Å²) in [5.74, 6) is -0.511. The van der Waals surface area contributed by atoms with Crippen LogP contribution in [0.5, 0.6) is 0 Å². The van der Waals surface area contributed by atoms with Gasteiger partial charge >= 0.3 is 11.9 Å². The summed E-state index contributed by atoms with van der Waals surface area (Å²) in [5.41, 5.74) is 0.688. The van der Waals surface area contributed by atoms with Gasteiger partial charge in [-0.3, -0.25) is 14.4 Å². The van der Waals surface area contributed by atoms with Crippen molar-refractivity contribution in [1.29, 1.82) is 0 Å². The average molecular weight is 489 g/mol. The van der Waals surface area contributed by atoms with E-state index in [1.165, 1.54) is 6.08 Å². The average Bonchev–Trinajstić information content (AvgIpc) is 2.72. The molecule has 2 saturated carbocycles. The fraction of sp³-hybridized carbons (Fsp3) is 0.833. The van der Waals surface area contributed by atoms with Crippen molar-refractivity contribution in [2.75, 3.05) is 0 Å². The van der Waals surface area contributed by atoms with Gasteiger partial charge in [-0.1, -0.05) is 66.9 Å². The van der Waals surface area contributed by atoms with E-state index in [2.05, 4.69) is 41.5 Å². The van der Waals surface area contributed by atoms with Gasteiger partial charge in [0.15, 0.2) is 5.78 Å².